The average molecular weight is 313 g/mol. The fraction of sp³-hybridized carbons (Fsp3) is 0.471. The summed E-state index contributed by atoms with van der Waals surface area (Å²) in [4.78, 5) is 20.6. The van der Waals surface area contributed by atoms with E-state index in [0.717, 1.165) is 31.5 Å². The van der Waals surface area contributed by atoms with Gasteiger partial charge in [0.2, 0.25) is 0 Å². The van der Waals surface area contributed by atoms with E-state index in [4.69, 9.17) is 0 Å². The number of carbonyl (C=O) groups excluding carboxylic acids is 1. The topological polar surface area (TPSA) is 72.3 Å². The third-order valence-corrected chi connectivity index (χ3v) is 4.19. The van der Waals surface area contributed by atoms with Gasteiger partial charge in [0, 0.05) is 25.5 Å². The van der Waals surface area contributed by atoms with Crippen LogP contribution in [0.3, 0.4) is 0 Å². The molecule has 1 aromatic rings. The lowest BCUT2D eigenvalue weighted by molar-refractivity contribution is -0.128. The van der Waals surface area contributed by atoms with Crippen LogP contribution in [0.4, 0.5) is 5.82 Å². The Morgan fingerprint density at radius 1 is 1.52 bits per heavy atom. The molecular formula is C17H23N5O. The van der Waals surface area contributed by atoms with E-state index >= 15 is 0 Å². The van der Waals surface area contributed by atoms with E-state index < -0.39 is 0 Å². The van der Waals surface area contributed by atoms with E-state index in [2.05, 4.69) is 22.2 Å². The van der Waals surface area contributed by atoms with Crippen LogP contribution in [0.2, 0.25) is 0 Å². The number of carbonyl (C=O) groups is 1. The predicted octanol–water partition coefficient (Wildman–Crippen LogP) is 1.76. The van der Waals surface area contributed by atoms with Gasteiger partial charge >= 0.3 is 0 Å². The van der Waals surface area contributed by atoms with Gasteiger partial charge in [-0.15, -0.1) is 0 Å². The van der Waals surface area contributed by atoms with Crippen LogP contribution in [-0.4, -0.2) is 53.9 Å². The average Bonchev–Trinajstić information content (AvgIpc) is 2.55. The smallest absolute Gasteiger partial charge is 0.266 e. The fourth-order valence-electron chi connectivity index (χ4n) is 2.64. The molecule has 1 fully saturated rings. The van der Waals surface area contributed by atoms with Crippen LogP contribution in [0, 0.1) is 18.3 Å². The van der Waals surface area contributed by atoms with Crippen molar-refractivity contribution in [3.63, 3.8) is 0 Å². The van der Waals surface area contributed by atoms with Crippen LogP contribution < -0.4 is 5.32 Å². The number of aromatic nitrogens is 1. The third kappa shape index (κ3) is 4.54. The number of hydrogen-bond donors (Lipinski definition) is 1. The Labute approximate surface area is 137 Å². The summed E-state index contributed by atoms with van der Waals surface area (Å²) in [5.74, 6) is 0.370. The van der Waals surface area contributed by atoms with Crippen molar-refractivity contribution >= 4 is 11.7 Å². The van der Waals surface area contributed by atoms with E-state index in [0.29, 0.717) is 5.82 Å². The molecule has 2 rings (SSSR count). The van der Waals surface area contributed by atoms with Gasteiger partial charge in [-0.25, -0.2) is 4.98 Å². The van der Waals surface area contributed by atoms with Crippen molar-refractivity contribution < 1.29 is 4.79 Å². The Balaban J connectivity index is 2.03. The van der Waals surface area contributed by atoms with Gasteiger partial charge in [-0.1, -0.05) is 0 Å². The number of nitrogens with zero attached hydrogens (tertiary/aromatic N) is 4. The molecule has 6 heteroatoms. The number of rotatable bonds is 4. The van der Waals surface area contributed by atoms with Crippen LogP contribution in [0.1, 0.15) is 18.4 Å². The summed E-state index contributed by atoms with van der Waals surface area (Å²) < 4.78 is 0. The molecule has 0 bridgehead atoms. The first kappa shape index (κ1) is 17.0. The fourth-order valence-corrected chi connectivity index (χ4v) is 2.64. The normalized spacial score (nSPS) is 16.7. The Kier molecular flexibility index (Phi) is 5.72. The molecule has 0 aliphatic carbocycles. The van der Waals surface area contributed by atoms with Crippen molar-refractivity contribution in [2.75, 3.05) is 32.5 Å². The highest BCUT2D eigenvalue weighted by molar-refractivity contribution is 5.97. The third-order valence-electron chi connectivity index (χ3n) is 4.19. The molecule has 1 saturated heterocycles. The zero-order valence-electron chi connectivity index (χ0n) is 13.9. The lowest BCUT2D eigenvalue weighted by atomic mass is 10.0. The number of nitrogens with one attached hydrogen (secondary N) is 1. The monoisotopic (exact) mass is 313 g/mol. The summed E-state index contributed by atoms with van der Waals surface area (Å²) in [7, 11) is 3.85. The summed E-state index contributed by atoms with van der Waals surface area (Å²) in [6.07, 6.45) is 4.99. The summed E-state index contributed by atoms with van der Waals surface area (Å²) in [6.45, 7) is 3.90. The van der Waals surface area contributed by atoms with Crippen LogP contribution in [0.5, 0.6) is 0 Å². The van der Waals surface area contributed by atoms with Crippen LogP contribution >= 0.6 is 0 Å². The van der Waals surface area contributed by atoms with Crippen LogP contribution in [0.15, 0.2) is 30.1 Å². The molecule has 0 spiro atoms. The number of likely N-dealkylation sites (N-methyl/N-ethyl adjacent to an activating group) is 1. The lowest BCUT2D eigenvalue weighted by Gasteiger charge is -2.34. The Bertz CT molecular complexity index is 626. The molecule has 6 nitrogen and oxygen atoms in total. The van der Waals surface area contributed by atoms with Gasteiger partial charge in [-0.2, -0.15) is 5.26 Å². The summed E-state index contributed by atoms with van der Waals surface area (Å²) in [6, 6.07) is 5.92. The largest absolute Gasteiger partial charge is 0.345 e. The Hall–Kier alpha value is -2.39. The second kappa shape index (κ2) is 7.75. The molecule has 2 heterocycles. The SMILES string of the molecule is Cc1ccnc(N/C=C(/C#N)C(=O)N(C)C2CCN(C)CC2)c1. The predicted molar refractivity (Wildman–Crippen MR) is 89.6 cm³/mol. The number of amides is 1. The first-order valence-electron chi connectivity index (χ1n) is 7.76. The van der Waals surface area contributed by atoms with Crippen LogP contribution in [-0.2, 0) is 4.79 Å². The van der Waals surface area contributed by atoms with Gasteiger partial charge in [0.1, 0.15) is 17.5 Å². The molecule has 23 heavy (non-hydrogen) atoms. The van der Waals surface area contributed by atoms with Crippen molar-refractivity contribution in [2.24, 2.45) is 0 Å². The van der Waals surface area contributed by atoms with Crippen molar-refractivity contribution in [3.8, 4) is 6.07 Å². The van der Waals surface area contributed by atoms with Crippen molar-refractivity contribution in [2.45, 2.75) is 25.8 Å². The molecule has 122 valence electrons. The van der Waals surface area contributed by atoms with Gasteiger partial charge in [0.05, 0.1) is 0 Å². The molecule has 0 aromatic carbocycles. The first-order chi connectivity index (χ1) is 11.0. The molecule has 1 aliphatic heterocycles. The first-order valence-corrected chi connectivity index (χ1v) is 7.76. The van der Waals surface area contributed by atoms with E-state index in [-0.39, 0.29) is 17.5 Å². The van der Waals surface area contributed by atoms with E-state index in [1.807, 2.05) is 25.1 Å². The number of hydrogen-bond acceptors (Lipinski definition) is 5. The number of anilines is 1. The molecule has 1 aromatic heterocycles. The highest BCUT2D eigenvalue weighted by atomic mass is 16.2. The molecule has 1 amide bonds. The van der Waals surface area contributed by atoms with E-state index in [9.17, 15) is 10.1 Å². The second-order valence-electron chi connectivity index (χ2n) is 5.98. The van der Waals surface area contributed by atoms with Crippen molar-refractivity contribution in [1.29, 1.82) is 5.26 Å². The second-order valence-corrected chi connectivity index (χ2v) is 5.98. The number of likely N-dealkylation sites (tertiary alicyclic amines) is 1. The van der Waals surface area contributed by atoms with Gasteiger partial charge in [0.15, 0.2) is 0 Å². The number of aryl methyl sites for hydroxylation is 1. The number of piperidine rings is 1. The minimum absolute atomic E-state index is 0.0923. The minimum atomic E-state index is -0.248. The number of pyridine rings is 1. The maximum atomic E-state index is 12.5. The van der Waals surface area contributed by atoms with Gasteiger partial charge in [-0.05, 0) is 57.6 Å². The van der Waals surface area contributed by atoms with Gasteiger partial charge < -0.3 is 15.1 Å². The zero-order chi connectivity index (χ0) is 16.8. The van der Waals surface area contributed by atoms with E-state index in [1.165, 1.54) is 6.20 Å². The number of nitriles is 1. The molecular weight excluding hydrogens is 290 g/mol. The summed E-state index contributed by atoms with van der Waals surface area (Å²) >= 11 is 0. The standard InChI is InChI=1S/C17H23N5O/c1-13-4-7-19-16(10-13)20-12-14(11-18)17(23)22(3)15-5-8-21(2)9-6-15/h4,7,10,12,15H,5-6,8-9H2,1-3H3,(H,19,20)/b14-12-. The Morgan fingerprint density at radius 3 is 2.83 bits per heavy atom. The highest BCUT2D eigenvalue weighted by Crippen LogP contribution is 2.16. The molecule has 0 atom stereocenters. The van der Waals surface area contributed by atoms with Crippen LogP contribution in [0.25, 0.3) is 0 Å². The highest BCUT2D eigenvalue weighted by Gasteiger charge is 2.25. The molecule has 0 unspecified atom stereocenters. The van der Waals surface area contributed by atoms with Gasteiger partial charge in [-0.3, -0.25) is 4.79 Å². The molecule has 1 aliphatic rings. The van der Waals surface area contributed by atoms with E-state index in [1.54, 1.807) is 18.1 Å². The maximum absolute atomic E-state index is 12.5. The molecule has 0 saturated carbocycles. The summed E-state index contributed by atoms with van der Waals surface area (Å²) in [5, 5.41) is 12.2. The van der Waals surface area contributed by atoms with Gasteiger partial charge in [0.25, 0.3) is 5.91 Å². The quantitative estimate of drug-likeness (QED) is 0.677. The lowest BCUT2D eigenvalue weighted by Crippen LogP contribution is -2.44. The van der Waals surface area contributed by atoms with Crippen molar-refractivity contribution in [1.82, 2.24) is 14.8 Å². The zero-order valence-corrected chi connectivity index (χ0v) is 13.9. The molecule has 1 N–H and O–H groups in total. The van der Waals surface area contributed by atoms with Crippen molar-refractivity contribution in [3.05, 3.63) is 35.7 Å². The maximum Gasteiger partial charge on any atom is 0.266 e. The summed E-state index contributed by atoms with van der Waals surface area (Å²) in [5.41, 5.74) is 1.15. The molecule has 0 radical (unpaired) electrons. The Morgan fingerprint density at radius 2 is 2.22 bits per heavy atom. The minimum Gasteiger partial charge on any atom is -0.345 e.